The van der Waals surface area contributed by atoms with E-state index in [0.29, 0.717) is 31.0 Å². The van der Waals surface area contributed by atoms with Gasteiger partial charge in [-0.25, -0.2) is 0 Å². The number of ether oxygens (including phenoxy) is 2. The van der Waals surface area contributed by atoms with Crippen LogP contribution in [0.15, 0.2) is 6.20 Å². The number of carbonyl (C=O) groups is 1. The molecule has 0 spiro atoms. The first-order chi connectivity index (χ1) is 9.99. The first-order valence-electron chi connectivity index (χ1n) is 7.09. The standard InChI is InChI=1S/C14H23N3O4/c1-5-17-6-10(9(2)15-17)14(19)16(3)11-7-21-8-12(20-4)13(11)18/h6,11-13,18H,5,7-8H2,1-4H3/t11-,12-,13+/m1/s1. The Morgan fingerprint density at radius 1 is 1.62 bits per heavy atom. The van der Waals surface area contributed by atoms with Gasteiger partial charge in [-0.05, 0) is 13.8 Å². The third-order valence-electron chi connectivity index (χ3n) is 3.97. The Morgan fingerprint density at radius 2 is 2.33 bits per heavy atom. The number of rotatable bonds is 4. The van der Waals surface area contributed by atoms with Crippen LogP contribution in [0.25, 0.3) is 0 Å². The van der Waals surface area contributed by atoms with Crippen LogP contribution >= 0.6 is 0 Å². The Bertz CT molecular complexity index is 502. The van der Waals surface area contributed by atoms with Crippen LogP contribution < -0.4 is 0 Å². The van der Waals surface area contributed by atoms with E-state index in [4.69, 9.17) is 9.47 Å². The lowest BCUT2D eigenvalue weighted by Gasteiger charge is -2.38. The van der Waals surface area contributed by atoms with Crippen LogP contribution in [0.3, 0.4) is 0 Å². The minimum Gasteiger partial charge on any atom is -0.388 e. The van der Waals surface area contributed by atoms with Gasteiger partial charge < -0.3 is 19.5 Å². The fourth-order valence-electron chi connectivity index (χ4n) is 2.53. The zero-order valence-electron chi connectivity index (χ0n) is 12.9. The van der Waals surface area contributed by atoms with Crippen LogP contribution in [-0.2, 0) is 16.0 Å². The number of aromatic nitrogens is 2. The number of aryl methyl sites for hydroxylation is 2. The number of carbonyl (C=O) groups excluding carboxylic acids is 1. The lowest BCUT2D eigenvalue weighted by atomic mass is 10.0. The van der Waals surface area contributed by atoms with Gasteiger partial charge in [0.2, 0.25) is 0 Å². The van der Waals surface area contributed by atoms with Crippen molar-refractivity contribution in [3.63, 3.8) is 0 Å². The van der Waals surface area contributed by atoms with Crippen molar-refractivity contribution in [3.05, 3.63) is 17.5 Å². The van der Waals surface area contributed by atoms with Crippen LogP contribution in [0.1, 0.15) is 23.0 Å². The van der Waals surface area contributed by atoms with Gasteiger partial charge in [-0.1, -0.05) is 0 Å². The van der Waals surface area contributed by atoms with Gasteiger partial charge in [0.05, 0.1) is 30.5 Å². The minimum absolute atomic E-state index is 0.170. The first-order valence-corrected chi connectivity index (χ1v) is 7.09. The van der Waals surface area contributed by atoms with E-state index in [1.807, 2.05) is 6.92 Å². The van der Waals surface area contributed by atoms with Crippen molar-refractivity contribution >= 4 is 5.91 Å². The molecule has 21 heavy (non-hydrogen) atoms. The Hall–Kier alpha value is -1.44. The summed E-state index contributed by atoms with van der Waals surface area (Å²) in [5, 5.41) is 14.6. The zero-order chi connectivity index (χ0) is 15.6. The predicted molar refractivity (Wildman–Crippen MR) is 76.1 cm³/mol. The first kappa shape index (κ1) is 15.9. The smallest absolute Gasteiger partial charge is 0.257 e. The normalized spacial score (nSPS) is 25.9. The Morgan fingerprint density at radius 3 is 2.90 bits per heavy atom. The monoisotopic (exact) mass is 297 g/mol. The largest absolute Gasteiger partial charge is 0.388 e. The lowest BCUT2D eigenvalue weighted by Crippen LogP contribution is -2.56. The van der Waals surface area contributed by atoms with Gasteiger partial charge in [-0.15, -0.1) is 0 Å². The summed E-state index contributed by atoms with van der Waals surface area (Å²) < 4.78 is 12.3. The number of methoxy groups -OCH3 is 1. The predicted octanol–water partition coefficient (Wildman–Crippen LogP) is 0.0581. The van der Waals surface area contributed by atoms with Crippen molar-refractivity contribution in [2.45, 2.75) is 38.6 Å². The highest BCUT2D eigenvalue weighted by atomic mass is 16.5. The fraction of sp³-hybridized carbons (Fsp3) is 0.714. The molecule has 1 fully saturated rings. The summed E-state index contributed by atoms with van der Waals surface area (Å²) in [7, 11) is 3.19. The summed E-state index contributed by atoms with van der Waals surface area (Å²) in [5.74, 6) is -0.170. The van der Waals surface area contributed by atoms with Crippen molar-refractivity contribution in [1.82, 2.24) is 14.7 Å². The molecule has 1 aliphatic rings. The molecule has 7 nitrogen and oxygen atoms in total. The number of amides is 1. The fourth-order valence-corrected chi connectivity index (χ4v) is 2.53. The Balaban J connectivity index is 2.16. The molecule has 118 valence electrons. The van der Waals surface area contributed by atoms with Crippen LogP contribution in [0.4, 0.5) is 0 Å². The molecule has 0 saturated carbocycles. The van der Waals surface area contributed by atoms with Crippen LogP contribution in [0.2, 0.25) is 0 Å². The minimum atomic E-state index is -0.765. The Labute approximate surface area is 124 Å². The number of likely N-dealkylation sites (N-methyl/N-ethyl adjacent to an activating group) is 1. The highest BCUT2D eigenvalue weighted by Gasteiger charge is 2.37. The lowest BCUT2D eigenvalue weighted by molar-refractivity contribution is -0.135. The van der Waals surface area contributed by atoms with Gasteiger partial charge >= 0.3 is 0 Å². The molecule has 1 amide bonds. The molecule has 1 aromatic rings. The van der Waals surface area contributed by atoms with E-state index in [-0.39, 0.29) is 5.91 Å². The molecular weight excluding hydrogens is 274 g/mol. The van der Waals surface area contributed by atoms with E-state index >= 15 is 0 Å². The SMILES string of the molecule is CCn1cc(C(=O)N(C)[C@@H]2COC[C@@H](OC)[C@H]2O)c(C)n1. The van der Waals surface area contributed by atoms with E-state index in [9.17, 15) is 9.90 Å². The van der Waals surface area contributed by atoms with Gasteiger partial charge in [0.25, 0.3) is 5.91 Å². The van der Waals surface area contributed by atoms with E-state index in [2.05, 4.69) is 5.10 Å². The topological polar surface area (TPSA) is 76.8 Å². The third kappa shape index (κ3) is 3.09. The molecule has 3 atom stereocenters. The molecule has 0 bridgehead atoms. The molecule has 0 aliphatic carbocycles. The third-order valence-corrected chi connectivity index (χ3v) is 3.97. The van der Waals surface area contributed by atoms with E-state index in [1.54, 1.807) is 24.9 Å². The maximum absolute atomic E-state index is 12.6. The highest BCUT2D eigenvalue weighted by molar-refractivity contribution is 5.95. The van der Waals surface area contributed by atoms with Gasteiger partial charge in [0.1, 0.15) is 12.2 Å². The maximum atomic E-state index is 12.6. The van der Waals surface area contributed by atoms with Gasteiger partial charge in [0, 0.05) is 26.9 Å². The van der Waals surface area contributed by atoms with E-state index in [0.717, 1.165) is 0 Å². The quantitative estimate of drug-likeness (QED) is 0.850. The van der Waals surface area contributed by atoms with Gasteiger partial charge in [-0.3, -0.25) is 9.48 Å². The summed E-state index contributed by atoms with van der Waals surface area (Å²) in [4.78, 5) is 14.1. The van der Waals surface area contributed by atoms with Crippen LogP contribution in [-0.4, -0.2) is 71.3 Å². The van der Waals surface area contributed by atoms with Crippen LogP contribution in [0.5, 0.6) is 0 Å². The van der Waals surface area contributed by atoms with Crippen molar-refractivity contribution in [2.24, 2.45) is 0 Å². The summed E-state index contributed by atoms with van der Waals surface area (Å²) in [6.07, 6.45) is 0.551. The zero-order valence-corrected chi connectivity index (χ0v) is 12.9. The van der Waals surface area contributed by atoms with Crippen molar-refractivity contribution in [3.8, 4) is 0 Å². The summed E-state index contributed by atoms with van der Waals surface area (Å²) in [6.45, 7) is 5.11. The molecule has 1 saturated heterocycles. The number of hydrogen-bond acceptors (Lipinski definition) is 5. The Kier molecular flexibility index (Phi) is 4.97. The summed E-state index contributed by atoms with van der Waals surface area (Å²) >= 11 is 0. The molecular formula is C14H23N3O4. The van der Waals surface area contributed by atoms with E-state index in [1.165, 1.54) is 12.0 Å². The molecule has 1 N–H and O–H groups in total. The molecule has 1 aliphatic heterocycles. The second-order valence-corrected chi connectivity index (χ2v) is 5.27. The van der Waals surface area contributed by atoms with Crippen molar-refractivity contribution in [2.75, 3.05) is 27.4 Å². The van der Waals surface area contributed by atoms with Crippen LogP contribution in [0, 0.1) is 6.92 Å². The van der Waals surface area contributed by atoms with E-state index < -0.39 is 18.2 Å². The second-order valence-electron chi connectivity index (χ2n) is 5.27. The summed E-state index contributed by atoms with van der Waals surface area (Å²) in [6, 6.07) is -0.430. The average molecular weight is 297 g/mol. The van der Waals surface area contributed by atoms with Crippen molar-refractivity contribution < 1.29 is 19.4 Å². The van der Waals surface area contributed by atoms with Gasteiger partial charge in [-0.2, -0.15) is 5.10 Å². The molecule has 1 aromatic heterocycles. The highest BCUT2D eigenvalue weighted by Crippen LogP contribution is 2.19. The molecule has 7 heteroatoms. The van der Waals surface area contributed by atoms with Gasteiger partial charge in [0.15, 0.2) is 0 Å². The average Bonchev–Trinajstić information content (AvgIpc) is 2.87. The second kappa shape index (κ2) is 6.55. The van der Waals surface area contributed by atoms with Crippen molar-refractivity contribution in [1.29, 1.82) is 0 Å². The molecule has 2 heterocycles. The maximum Gasteiger partial charge on any atom is 0.257 e. The molecule has 0 radical (unpaired) electrons. The summed E-state index contributed by atoms with van der Waals surface area (Å²) in [5.41, 5.74) is 1.23. The number of aliphatic hydroxyl groups excluding tert-OH is 1. The molecule has 2 rings (SSSR count). The number of aliphatic hydroxyl groups is 1. The molecule has 0 unspecified atom stereocenters. The number of nitrogens with zero attached hydrogens (tertiary/aromatic N) is 3. The number of hydrogen-bond donors (Lipinski definition) is 1. The molecule has 0 aromatic carbocycles.